The lowest BCUT2D eigenvalue weighted by molar-refractivity contribution is 0.318. The quantitative estimate of drug-likeness (QED) is 0.687. The van der Waals surface area contributed by atoms with Gasteiger partial charge in [0.05, 0.1) is 5.41 Å². The first-order valence-corrected chi connectivity index (χ1v) is 8.92. The molecular formula is C22H20N6. The summed E-state index contributed by atoms with van der Waals surface area (Å²) >= 11 is 0. The number of nitrogens with zero attached hydrogens (tertiary/aromatic N) is 4. The third kappa shape index (κ3) is 3.00. The van der Waals surface area contributed by atoms with Crippen molar-refractivity contribution in [2.45, 2.75) is 11.2 Å². The van der Waals surface area contributed by atoms with Crippen molar-refractivity contribution in [2.75, 3.05) is 0 Å². The highest BCUT2D eigenvalue weighted by Gasteiger charge is 2.52. The molecule has 0 radical (unpaired) electrons. The molecule has 4 rings (SSSR count). The van der Waals surface area contributed by atoms with Gasteiger partial charge >= 0.3 is 0 Å². The van der Waals surface area contributed by atoms with E-state index in [2.05, 4.69) is 20.2 Å². The Morgan fingerprint density at radius 1 is 0.786 bits per heavy atom. The van der Waals surface area contributed by atoms with Crippen LogP contribution in [0.2, 0.25) is 0 Å². The third-order valence-electron chi connectivity index (χ3n) is 4.80. The zero-order valence-electron chi connectivity index (χ0n) is 15.2. The van der Waals surface area contributed by atoms with Gasteiger partial charge in [0.15, 0.2) is 5.82 Å². The monoisotopic (exact) mass is 368 g/mol. The van der Waals surface area contributed by atoms with Crippen molar-refractivity contribution in [3.63, 3.8) is 0 Å². The molecule has 3 aromatic rings. The number of benzene rings is 2. The van der Waals surface area contributed by atoms with Crippen LogP contribution in [0.1, 0.15) is 11.1 Å². The van der Waals surface area contributed by atoms with Gasteiger partial charge in [0.1, 0.15) is 5.84 Å². The Balaban J connectivity index is 1.95. The molecular weight excluding hydrogens is 348 g/mol. The van der Waals surface area contributed by atoms with Gasteiger partial charge in [-0.3, -0.25) is 5.73 Å². The van der Waals surface area contributed by atoms with Gasteiger partial charge in [0.25, 0.3) is 0 Å². The van der Waals surface area contributed by atoms with Gasteiger partial charge in [-0.2, -0.15) is 0 Å². The summed E-state index contributed by atoms with van der Waals surface area (Å²) in [6, 6.07) is 25.2. The highest BCUT2D eigenvalue weighted by atomic mass is 15.4. The SMILES string of the molecule is NC1=NC(N)(N=Nc2ccccn2)C(c2ccccc2)(c2ccccc2)C=C1. The molecule has 1 aromatic heterocycles. The Labute approximate surface area is 163 Å². The van der Waals surface area contributed by atoms with Crippen LogP contribution >= 0.6 is 0 Å². The average molecular weight is 368 g/mol. The standard InChI is InChI=1S/C22H20N6/c23-19-14-15-21(17-9-3-1-4-10-17,18-11-5-2-6-12-18)22(24,26-19)28-27-20-13-7-8-16-25-20/h1-16H,24H2,(H2,23,26). The number of rotatable bonds is 4. The van der Waals surface area contributed by atoms with Gasteiger partial charge in [0.2, 0.25) is 5.79 Å². The van der Waals surface area contributed by atoms with Crippen molar-refractivity contribution >= 4 is 11.7 Å². The summed E-state index contributed by atoms with van der Waals surface area (Å²) in [5.41, 5.74) is 13.9. The second-order valence-corrected chi connectivity index (χ2v) is 6.52. The Hall–Kier alpha value is -3.64. The number of aromatic nitrogens is 1. The maximum absolute atomic E-state index is 6.83. The number of azo groups is 1. The van der Waals surface area contributed by atoms with E-state index in [1.165, 1.54) is 0 Å². The van der Waals surface area contributed by atoms with Crippen LogP contribution < -0.4 is 11.5 Å². The van der Waals surface area contributed by atoms with Crippen LogP contribution in [0.15, 0.2) is 112 Å². The molecule has 0 amide bonds. The van der Waals surface area contributed by atoms with Gasteiger partial charge in [0, 0.05) is 6.20 Å². The Morgan fingerprint density at radius 2 is 1.39 bits per heavy atom. The van der Waals surface area contributed by atoms with Gasteiger partial charge in [-0.25, -0.2) is 9.98 Å². The predicted octanol–water partition coefficient (Wildman–Crippen LogP) is 3.69. The molecule has 1 unspecified atom stereocenters. The van der Waals surface area contributed by atoms with Gasteiger partial charge in [-0.15, -0.1) is 10.2 Å². The molecule has 0 fully saturated rings. The van der Waals surface area contributed by atoms with Crippen molar-refractivity contribution in [1.29, 1.82) is 0 Å². The van der Waals surface area contributed by atoms with Gasteiger partial charge < -0.3 is 5.73 Å². The molecule has 6 heteroatoms. The van der Waals surface area contributed by atoms with Gasteiger partial charge in [-0.1, -0.05) is 72.8 Å². The number of dihydropyridines is 1. The first-order valence-electron chi connectivity index (χ1n) is 8.92. The van der Waals surface area contributed by atoms with E-state index in [4.69, 9.17) is 11.5 Å². The number of hydrogen-bond acceptors (Lipinski definition) is 6. The zero-order valence-corrected chi connectivity index (χ0v) is 15.2. The fourth-order valence-electron chi connectivity index (χ4n) is 3.48. The Bertz CT molecular complexity index is 989. The van der Waals surface area contributed by atoms with E-state index in [1.54, 1.807) is 18.3 Å². The molecule has 0 saturated heterocycles. The lowest BCUT2D eigenvalue weighted by Gasteiger charge is -2.43. The first kappa shape index (κ1) is 17.8. The van der Waals surface area contributed by atoms with Crippen molar-refractivity contribution in [1.82, 2.24) is 4.98 Å². The number of amidine groups is 1. The largest absolute Gasteiger partial charge is 0.384 e. The molecule has 2 heterocycles. The van der Waals surface area contributed by atoms with E-state index in [9.17, 15) is 0 Å². The second-order valence-electron chi connectivity index (χ2n) is 6.52. The molecule has 1 atom stereocenters. The highest BCUT2D eigenvalue weighted by Crippen LogP contribution is 2.45. The minimum absolute atomic E-state index is 0.296. The number of nitrogens with two attached hydrogens (primary N) is 2. The van der Waals surface area contributed by atoms with Crippen LogP contribution in [0.25, 0.3) is 0 Å². The molecule has 6 nitrogen and oxygen atoms in total. The number of pyridine rings is 1. The van der Waals surface area contributed by atoms with Crippen LogP contribution in [0.5, 0.6) is 0 Å². The van der Waals surface area contributed by atoms with E-state index in [0.717, 1.165) is 11.1 Å². The summed E-state index contributed by atoms with van der Waals surface area (Å²) in [6.07, 6.45) is 5.37. The first-order chi connectivity index (χ1) is 13.6. The van der Waals surface area contributed by atoms with Crippen LogP contribution in [-0.4, -0.2) is 16.6 Å². The van der Waals surface area contributed by atoms with E-state index < -0.39 is 11.2 Å². The number of aliphatic imine (C=N–C) groups is 1. The molecule has 2 aromatic carbocycles. The summed E-state index contributed by atoms with van der Waals surface area (Å²) in [6.45, 7) is 0. The molecule has 0 aliphatic carbocycles. The maximum atomic E-state index is 6.83. The summed E-state index contributed by atoms with van der Waals surface area (Å²) in [5, 5.41) is 8.74. The van der Waals surface area contributed by atoms with Crippen LogP contribution in [0, 0.1) is 0 Å². The van der Waals surface area contributed by atoms with E-state index in [0.29, 0.717) is 11.7 Å². The lowest BCUT2D eigenvalue weighted by atomic mass is 9.68. The molecule has 0 bridgehead atoms. The second kappa shape index (κ2) is 7.17. The summed E-state index contributed by atoms with van der Waals surface area (Å²) < 4.78 is 0. The predicted molar refractivity (Wildman–Crippen MR) is 110 cm³/mol. The highest BCUT2D eigenvalue weighted by molar-refractivity contribution is 5.93. The van der Waals surface area contributed by atoms with Crippen molar-refractivity contribution in [3.05, 3.63) is 108 Å². The number of hydrogen-bond donors (Lipinski definition) is 2. The third-order valence-corrected chi connectivity index (χ3v) is 4.80. The fraction of sp³-hybridized carbons (Fsp3) is 0.0909. The average Bonchev–Trinajstić information content (AvgIpc) is 2.75. The van der Waals surface area contributed by atoms with E-state index >= 15 is 0 Å². The Kier molecular flexibility index (Phi) is 4.55. The van der Waals surface area contributed by atoms with Crippen LogP contribution in [-0.2, 0) is 5.41 Å². The van der Waals surface area contributed by atoms with Gasteiger partial charge in [-0.05, 0) is 29.3 Å². The van der Waals surface area contributed by atoms with Crippen molar-refractivity contribution in [3.8, 4) is 0 Å². The molecule has 138 valence electrons. The maximum Gasteiger partial charge on any atom is 0.241 e. The fourth-order valence-corrected chi connectivity index (χ4v) is 3.48. The molecule has 0 saturated carbocycles. The van der Waals surface area contributed by atoms with Crippen LogP contribution in [0.3, 0.4) is 0 Å². The molecule has 0 spiro atoms. The van der Waals surface area contributed by atoms with Crippen LogP contribution in [0.4, 0.5) is 5.82 Å². The topological polar surface area (TPSA) is 102 Å². The minimum Gasteiger partial charge on any atom is -0.384 e. The summed E-state index contributed by atoms with van der Waals surface area (Å²) in [4.78, 5) is 8.73. The van der Waals surface area contributed by atoms with E-state index in [-0.39, 0.29) is 0 Å². The Morgan fingerprint density at radius 3 is 1.96 bits per heavy atom. The molecule has 4 N–H and O–H groups in total. The summed E-state index contributed by atoms with van der Waals surface area (Å²) in [5.74, 6) is -0.734. The normalized spacial score (nSPS) is 20.8. The smallest absolute Gasteiger partial charge is 0.241 e. The summed E-state index contributed by atoms with van der Waals surface area (Å²) in [7, 11) is 0. The molecule has 28 heavy (non-hydrogen) atoms. The van der Waals surface area contributed by atoms with Crippen molar-refractivity contribution < 1.29 is 0 Å². The lowest BCUT2D eigenvalue weighted by Crippen LogP contribution is -2.57. The van der Waals surface area contributed by atoms with E-state index in [1.807, 2.05) is 78.9 Å². The minimum atomic E-state index is -1.48. The molecule has 1 aliphatic rings. The molecule has 1 aliphatic heterocycles. The van der Waals surface area contributed by atoms with Crippen molar-refractivity contribution in [2.24, 2.45) is 26.7 Å². The zero-order chi connectivity index (χ0) is 19.5.